The van der Waals surface area contributed by atoms with Gasteiger partial charge in [0.05, 0.1) is 10.2 Å². The number of thiophene rings is 1. The predicted molar refractivity (Wildman–Crippen MR) is 107 cm³/mol. The Morgan fingerprint density at radius 3 is 2.31 bits per heavy atom. The van der Waals surface area contributed by atoms with Gasteiger partial charge in [-0.3, -0.25) is 4.79 Å². The zero-order valence-electron chi connectivity index (χ0n) is 15.7. The van der Waals surface area contributed by atoms with Gasteiger partial charge in [-0.15, -0.1) is 22.7 Å². The minimum Gasteiger partial charge on any atom is -0.475 e. The first-order valence-electron chi connectivity index (χ1n) is 8.77. The van der Waals surface area contributed by atoms with Gasteiger partial charge in [-0.1, -0.05) is 12.1 Å². The van der Waals surface area contributed by atoms with E-state index in [-0.39, 0.29) is 5.00 Å². The molecule has 0 saturated heterocycles. The van der Waals surface area contributed by atoms with Crippen LogP contribution >= 0.6 is 22.7 Å². The number of aromatic nitrogens is 1. The maximum Gasteiger partial charge on any atom is 0.490 e. The lowest BCUT2D eigenvalue weighted by molar-refractivity contribution is -0.192. The molecule has 14 heteroatoms. The van der Waals surface area contributed by atoms with E-state index in [4.69, 9.17) is 9.90 Å². The highest BCUT2D eigenvalue weighted by molar-refractivity contribution is 7.22. The summed E-state index contributed by atoms with van der Waals surface area (Å²) in [6.45, 7) is 1.33. The number of rotatable bonds is 2. The molecule has 32 heavy (non-hydrogen) atoms. The molecule has 1 amide bonds. The number of hydrogen-bond acceptors (Lipinski definition) is 6. The highest BCUT2D eigenvalue weighted by Gasteiger charge is 2.40. The first kappa shape index (κ1) is 23.9. The SMILES string of the molecule is O=C(Nc1sc2c(c1-c1nc3ccccc3s1)CCNC2)C(F)(F)F.O=C(O)C(F)(F)F. The molecular weight excluding hydrogens is 484 g/mol. The van der Waals surface area contributed by atoms with Crippen LogP contribution in [0.3, 0.4) is 0 Å². The van der Waals surface area contributed by atoms with Gasteiger partial charge in [0.2, 0.25) is 0 Å². The molecular formula is C18H13F6N3O3S2. The lowest BCUT2D eigenvalue weighted by atomic mass is 10.0. The summed E-state index contributed by atoms with van der Waals surface area (Å²) in [7, 11) is 0. The van der Waals surface area contributed by atoms with Gasteiger partial charge in [0.15, 0.2) is 0 Å². The molecule has 0 aliphatic carbocycles. The molecule has 3 N–H and O–H groups in total. The van der Waals surface area contributed by atoms with Crippen molar-refractivity contribution in [2.75, 3.05) is 11.9 Å². The lowest BCUT2D eigenvalue weighted by Crippen LogP contribution is -2.29. The Balaban J connectivity index is 0.000000360. The number of carbonyl (C=O) groups is 2. The first-order chi connectivity index (χ1) is 14.9. The molecule has 172 valence electrons. The second-order valence-corrected chi connectivity index (χ2v) is 8.51. The van der Waals surface area contributed by atoms with Crippen LogP contribution in [0.25, 0.3) is 20.8 Å². The molecule has 3 aromatic rings. The quantitative estimate of drug-likeness (QED) is 0.443. The van der Waals surface area contributed by atoms with E-state index in [2.05, 4.69) is 10.3 Å². The number of carbonyl (C=O) groups excluding carboxylic acids is 1. The number of benzene rings is 1. The normalized spacial score (nSPS) is 13.8. The van der Waals surface area contributed by atoms with Crippen molar-refractivity contribution in [3.8, 4) is 10.6 Å². The third-order valence-corrected chi connectivity index (χ3v) is 6.36. The number of fused-ring (bicyclic) bond motifs is 2. The van der Waals surface area contributed by atoms with Crippen LogP contribution in [0.2, 0.25) is 0 Å². The number of nitrogens with zero attached hydrogens (tertiary/aromatic N) is 1. The van der Waals surface area contributed by atoms with Gasteiger partial charge >= 0.3 is 24.2 Å². The van der Waals surface area contributed by atoms with E-state index in [1.165, 1.54) is 22.7 Å². The van der Waals surface area contributed by atoms with E-state index in [0.29, 0.717) is 23.5 Å². The standard InChI is InChI=1S/C16H12F3N3OS2.C2HF3O2/c17-16(18,19)15(23)22-14-12(8-5-6-20-7-11(8)25-14)13-21-9-3-1-2-4-10(9)24-13;3-2(4,5)1(6)7/h1-4,20H,5-7H2,(H,22,23);(H,6,7). The number of hydrogen-bond donors (Lipinski definition) is 3. The second kappa shape index (κ2) is 9.03. The van der Waals surface area contributed by atoms with Crippen LogP contribution in [-0.4, -0.2) is 40.9 Å². The Hall–Kier alpha value is -2.71. The van der Waals surface area contributed by atoms with Crippen molar-refractivity contribution in [1.29, 1.82) is 0 Å². The van der Waals surface area contributed by atoms with Crippen LogP contribution in [0.1, 0.15) is 10.4 Å². The monoisotopic (exact) mass is 497 g/mol. The number of carboxylic acid groups (broad SMARTS) is 1. The van der Waals surface area contributed by atoms with Crippen LogP contribution in [0.4, 0.5) is 31.3 Å². The third kappa shape index (κ3) is 5.37. The van der Waals surface area contributed by atoms with Crippen LogP contribution < -0.4 is 10.6 Å². The fraction of sp³-hybridized carbons (Fsp3) is 0.278. The largest absolute Gasteiger partial charge is 0.490 e. The number of para-hydroxylation sites is 1. The van der Waals surface area contributed by atoms with Gasteiger partial charge in [0.25, 0.3) is 0 Å². The van der Waals surface area contributed by atoms with E-state index in [0.717, 1.165) is 27.2 Å². The van der Waals surface area contributed by atoms with Crippen molar-refractivity contribution in [3.63, 3.8) is 0 Å². The zero-order chi connectivity index (χ0) is 23.7. The van der Waals surface area contributed by atoms with Crippen LogP contribution in [0.5, 0.6) is 0 Å². The van der Waals surface area contributed by atoms with E-state index in [1.807, 2.05) is 29.6 Å². The second-order valence-electron chi connectivity index (χ2n) is 6.38. The summed E-state index contributed by atoms with van der Waals surface area (Å²) >= 11 is 2.60. The number of nitrogens with one attached hydrogen (secondary N) is 2. The topological polar surface area (TPSA) is 91.3 Å². The summed E-state index contributed by atoms with van der Waals surface area (Å²) in [4.78, 5) is 25.8. The van der Waals surface area contributed by atoms with Crippen molar-refractivity contribution in [2.24, 2.45) is 0 Å². The average molecular weight is 497 g/mol. The molecule has 0 spiro atoms. The highest BCUT2D eigenvalue weighted by atomic mass is 32.1. The molecule has 4 rings (SSSR count). The number of alkyl halides is 6. The van der Waals surface area contributed by atoms with Crippen LogP contribution in [-0.2, 0) is 22.6 Å². The maximum atomic E-state index is 12.7. The number of thiazole rings is 1. The summed E-state index contributed by atoms with van der Waals surface area (Å²) in [6, 6.07) is 7.54. The van der Waals surface area contributed by atoms with Crippen molar-refractivity contribution < 1.29 is 41.0 Å². The number of anilines is 1. The summed E-state index contributed by atoms with van der Waals surface area (Å²) in [5.74, 6) is -4.71. The molecule has 1 aliphatic heterocycles. The molecule has 0 radical (unpaired) electrons. The van der Waals surface area contributed by atoms with Crippen LogP contribution in [0.15, 0.2) is 24.3 Å². The minimum absolute atomic E-state index is 0.218. The predicted octanol–water partition coefficient (Wildman–Crippen LogP) is 4.80. The fourth-order valence-electron chi connectivity index (χ4n) is 2.80. The molecule has 1 aromatic carbocycles. The number of halogens is 6. The summed E-state index contributed by atoms with van der Waals surface area (Å²) in [5.41, 5.74) is 2.39. The van der Waals surface area contributed by atoms with Crippen molar-refractivity contribution >= 4 is 49.8 Å². The summed E-state index contributed by atoms with van der Waals surface area (Å²) in [5, 5.41) is 13.2. The fourth-order valence-corrected chi connectivity index (χ4v) is 5.12. The Kier molecular flexibility index (Phi) is 6.76. The van der Waals surface area contributed by atoms with E-state index < -0.39 is 24.2 Å². The average Bonchev–Trinajstić information content (AvgIpc) is 3.27. The van der Waals surface area contributed by atoms with Crippen molar-refractivity contribution in [1.82, 2.24) is 10.3 Å². The van der Waals surface area contributed by atoms with Gasteiger partial charge in [0, 0.05) is 17.0 Å². The maximum absolute atomic E-state index is 12.7. The lowest BCUT2D eigenvalue weighted by Gasteiger charge is -2.13. The molecule has 0 bridgehead atoms. The van der Waals surface area contributed by atoms with Gasteiger partial charge in [0.1, 0.15) is 10.0 Å². The van der Waals surface area contributed by atoms with Gasteiger partial charge in [-0.25, -0.2) is 9.78 Å². The number of aliphatic carboxylic acids is 1. The van der Waals surface area contributed by atoms with Crippen molar-refractivity contribution in [2.45, 2.75) is 25.3 Å². The Morgan fingerprint density at radius 1 is 1.06 bits per heavy atom. The first-order valence-corrected chi connectivity index (χ1v) is 10.4. The summed E-state index contributed by atoms with van der Waals surface area (Å²) < 4.78 is 70.8. The van der Waals surface area contributed by atoms with E-state index >= 15 is 0 Å². The van der Waals surface area contributed by atoms with Gasteiger partial charge < -0.3 is 15.7 Å². The Labute approximate surface area is 183 Å². The van der Waals surface area contributed by atoms with E-state index in [9.17, 15) is 31.1 Å². The Morgan fingerprint density at radius 2 is 1.72 bits per heavy atom. The molecule has 0 unspecified atom stereocenters. The van der Waals surface area contributed by atoms with Crippen molar-refractivity contribution in [3.05, 3.63) is 34.7 Å². The third-order valence-electron chi connectivity index (χ3n) is 4.16. The molecule has 2 aromatic heterocycles. The number of carboxylic acids is 1. The summed E-state index contributed by atoms with van der Waals surface area (Å²) in [6.07, 6.45) is -9.31. The van der Waals surface area contributed by atoms with Gasteiger partial charge in [-0.05, 0) is 30.7 Å². The molecule has 0 atom stereocenters. The zero-order valence-corrected chi connectivity index (χ0v) is 17.4. The smallest absolute Gasteiger partial charge is 0.475 e. The molecule has 3 heterocycles. The molecule has 6 nitrogen and oxygen atoms in total. The van der Waals surface area contributed by atoms with Crippen LogP contribution in [0, 0.1) is 0 Å². The highest BCUT2D eigenvalue weighted by Crippen LogP contribution is 2.45. The van der Waals surface area contributed by atoms with Gasteiger partial charge in [-0.2, -0.15) is 26.3 Å². The minimum atomic E-state index is -5.08. The van der Waals surface area contributed by atoms with E-state index in [1.54, 1.807) is 0 Å². The molecule has 0 saturated carbocycles. The number of amides is 1. The Bertz CT molecular complexity index is 1120. The molecule has 1 aliphatic rings. The molecule has 0 fully saturated rings.